The van der Waals surface area contributed by atoms with Crippen LogP contribution in [0.25, 0.3) is 10.8 Å². The van der Waals surface area contributed by atoms with Crippen molar-refractivity contribution in [2.24, 2.45) is 0 Å². The average Bonchev–Trinajstić information content (AvgIpc) is 2.80. The molecule has 0 heterocycles. The molecule has 0 aliphatic carbocycles. The third-order valence-electron chi connectivity index (χ3n) is 4.09. The second kappa shape index (κ2) is 14.8. The molecule has 2 rings (SSSR count). The van der Waals surface area contributed by atoms with Gasteiger partial charge in [-0.1, -0.05) is 18.7 Å². The van der Waals surface area contributed by atoms with Gasteiger partial charge in [0.25, 0.3) is 0 Å². The fourth-order valence-electron chi connectivity index (χ4n) is 2.61. The highest BCUT2D eigenvalue weighted by Crippen LogP contribution is 2.28. The second-order valence-corrected chi connectivity index (χ2v) is 6.39. The molecule has 0 saturated carbocycles. The van der Waals surface area contributed by atoms with Gasteiger partial charge in [0.05, 0.1) is 33.0 Å². The number of nitrogens with one attached hydrogen (secondary N) is 1. The van der Waals surface area contributed by atoms with E-state index in [2.05, 4.69) is 11.9 Å². The lowest BCUT2D eigenvalue weighted by Gasteiger charge is -2.11. The molecule has 0 unspecified atom stereocenters. The molecule has 0 radical (unpaired) electrons. The van der Waals surface area contributed by atoms with Crippen molar-refractivity contribution in [3.8, 4) is 11.5 Å². The van der Waals surface area contributed by atoms with E-state index in [0.29, 0.717) is 45.3 Å². The number of esters is 1. The maximum absolute atomic E-state index is 12.0. The summed E-state index contributed by atoms with van der Waals surface area (Å²) >= 11 is 0. The summed E-state index contributed by atoms with van der Waals surface area (Å²) in [5.74, 6) is 0.688. The van der Waals surface area contributed by atoms with Gasteiger partial charge in [-0.05, 0) is 29.7 Å². The quantitative estimate of drug-likeness (QED) is 0.253. The summed E-state index contributed by atoms with van der Waals surface area (Å²) in [6.45, 7) is 6.00. The lowest BCUT2D eigenvalue weighted by Crippen LogP contribution is -2.30. The van der Waals surface area contributed by atoms with Gasteiger partial charge < -0.3 is 33.7 Å². The number of ether oxygens (including phenoxy) is 6. The molecule has 32 heavy (non-hydrogen) atoms. The molecule has 1 N–H and O–H groups in total. The number of rotatable bonds is 15. The van der Waals surface area contributed by atoms with Crippen LogP contribution in [0.1, 0.15) is 0 Å². The van der Waals surface area contributed by atoms with Crippen LogP contribution in [0, 0.1) is 0 Å². The van der Waals surface area contributed by atoms with E-state index >= 15 is 0 Å². The maximum Gasteiger partial charge on any atom is 0.412 e. The zero-order valence-corrected chi connectivity index (χ0v) is 18.2. The van der Waals surface area contributed by atoms with Crippen LogP contribution in [0.4, 0.5) is 4.79 Å². The number of hydrogen-bond acceptors (Lipinski definition) is 8. The van der Waals surface area contributed by atoms with Crippen molar-refractivity contribution in [3.63, 3.8) is 0 Å². The monoisotopic (exact) mass is 447 g/mol. The average molecular weight is 447 g/mol. The predicted molar refractivity (Wildman–Crippen MR) is 118 cm³/mol. The Hall–Kier alpha value is -3.14. The highest BCUT2D eigenvalue weighted by molar-refractivity contribution is 5.90. The summed E-state index contributed by atoms with van der Waals surface area (Å²) in [5, 5.41) is 4.44. The van der Waals surface area contributed by atoms with Crippen LogP contribution in [0.5, 0.6) is 11.5 Å². The van der Waals surface area contributed by atoms with Crippen molar-refractivity contribution in [2.45, 2.75) is 0 Å². The van der Waals surface area contributed by atoms with Gasteiger partial charge in [0.15, 0.2) is 0 Å². The maximum atomic E-state index is 12.0. The Morgan fingerprint density at radius 3 is 2.53 bits per heavy atom. The first-order valence-electron chi connectivity index (χ1n) is 10.2. The fourth-order valence-corrected chi connectivity index (χ4v) is 2.61. The highest BCUT2D eigenvalue weighted by Gasteiger charge is 2.07. The normalized spacial score (nSPS) is 10.5. The molecule has 9 heteroatoms. The van der Waals surface area contributed by atoms with Gasteiger partial charge in [-0.15, -0.1) is 0 Å². The van der Waals surface area contributed by atoms with Crippen molar-refractivity contribution < 1.29 is 38.0 Å². The highest BCUT2D eigenvalue weighted by atomic mass is 16.6. The first kappa shape index (κ1) is 25.1. The zero-order chi connectivity index (χ0) is 23.0. The van der Waals surface area contributed by atoms with Gasteiger partial charge in [0.2, 0.25) is 0 Å². The van der Waals surface area contributed by atoms with Gasteiger partial charge in [-0.2, -0.15) is 0 Å². The lowest BCUT2D eigenvalue weighted by atomic mass is 10.1. The number of fused-ring (bicyclic) bond motifs is 1. The Kier molecular flexibility index (Phi) is 11.6. The summed E-state index contributed by atoms with van der Waals surface area (Å²) < 4.78 is 31.4. The first-order valence-corrected chi connectivity index (χ1v) is 10.2. The van der Waals surface area contributed by atoms with E-state index < -0.39 is 12.1 Å². The topological polar surface area (TPSA) is 102 Å². The minimum absolute atomic E-state index is 0.162. The third kappa shape index (κ3) is 9.34. The molecule has 2 aromatic carbocycles. The summed E-state index contributed by atoms with van der Waals surface area (Å²) in [6.07, 6.45) is 0.526. The van der Waals surface area contributed by atoms with Crippen molar-refractivity contribution >= 4 is 22.8 Å². The molecule has 0 fully saturated rings. The van der Waals surface area contributed by atoms with Crippen molar-refractivity contribution in [3.05, 3.63) is 49.1 Å². The molecule has 0 atom stereocenters. The van der Waals surface area contributed by atoms with Gasteiger partial charge in [0, 0.05) is 25.1 Å². The lowest BCUT2D eigenvalue weighted by molar-refractivity contribution is -0.139. The summed E-state index contributed by atoms with van der Waals surface area (Å²) in [4.78, 5) is 22.8. The van der Waals surface area contributed by atoms with E-state index in [0.717, 1.165) is 22.6 Å². The van der Waals surface area contributed by atoms with Crippen molar-refractivity contribution in [1.82, 2.24) is 5.32 Å². The van der Waals surface area contributed by atoms with Gasteiger partial charge in [0.1, 0.15) is 24.7 Å². The molecule has 2 aromatic rings. The van der Waals surface area contributed by atoms with Crippen LogP contribution in [-0.4, -0.2) is 72.0 Å². The van der Waals surface area contributed by atoms with Crippen molar-refractivity contribution in [1.29, 1.82) is 0 Å². The second-order valence-electron chi connectivity index (χ2n) is 6.39. The molecule has 9 nitrogen and oxygen atoms in total. The minimum Gasteiger partial charge on any atom is -0.491 e. The van der Waals surface area contributed by atoms with E-state index in [-0.39, 0.29) is 13.2 Å². The number of carbonyl (C=O) groups excluding carboxylic acids is 2. The Morgan fingerprint density at radius 1 is 0.969 bits per heavy atom. The third-order valence-corrected chi connectivity index (χ3v) is 4.09. The largest absolute Gasteiger partial charge is 0.491 e. The minimum atomic E-state index is -0.569. The Balaban J connectivity index is 1.62. The standard InChI is InChI=1S/C23H29NO8/c1-3-22(25)31-16-14-29-13-12-28-10-9-24-23(26)32-19-7-8-20-18(17-19)5-4-6-21(20)30-15-11-27-2/h3-8,17H,1,9-16H2,2H3,(H,24,26). The van der Waals surface area contributed by atoms with E-state index in [9.17, 15) is 9.59 Å². The molecule has 1 amide bonds. The number of methoxy groups -OCH3 is 1. The zero-order valence-electron chi connectivity index (χ0n) is 18.2. The molecule has 0 bridgehead atoms. The molecule has 0 aromatic heterocycles. The number of carbonyl (C=O) groups is 2. The van der Waals surface area contributed by atoms with Crippen molar-refractivity contribution in [2.75, 3.05) is 59.9 Å². The summed E-state index contributed by atoms with van der Waals surface area (Å²) in [7, 11) is 1.62. The van der Waals surface area contributed by atoms with Crippen LogP contribution in [0.15, 0.2) is 49.1 Å². The van der Waals surface area contributed by atoms with E-state index in [1.807, 2.05) is 24.3 Å². The van der Waals surface area contributed by atoms with Crippen LogP contribution in [0.3, 0.4) is 0 Å². The summed E-state index contributed by atoms with van der Waals surface area (Å²) in [6, 6.07) is 11.0. The number of hydrogen-bond donors (Lipinski definition) is 1. The van der Waals surface area contributed by atoms with Crippen LogP contribution in [0.2, 0.25) is 0 Å². The Bertz CT molecular complexity index is 870. The molecule has 0 aliphatic rings. The fraction of sp³-hybridized carbons (Fsp3) is 0.391. The van der Waals surface area contributed by atoms with E-state index in [1.165, 1.54) is 0 Å². The Labute approximate surface area is 187 Å². The van der Waals surface area contributed by atoms with Crippen LogP contribution >= 0.6 is 0 Å². The van der Waals surface area contributed by atoms with Gasteiger partial charge in [-0.25, -0.2) is 9.59 Å². The van der Waals surface area contributed by atoms with E-state index in [1.54, 1.807) is 19.2 Å². The van der Waals surface area contributed by atoms with Crippen LogP contribution < -0.4 is 14.8 Å². The number of benzene rings is 2. The smallest absolute Gasteiger partial charge is 0.412 e. The van der Waals surface area contributed by atoms with Crippen LogP contribution in [-0.2, 0) is 23.7 Å². The van der Waals surface area contributed by atoms with E-state index in [4.69, 9.17) is 28.4 Å². The predicted octanol–water partition coefficient (Wildman–Crippen LogP) is 2.72. The Morgan fingerprint density at radius 2 is 1.75 bits per heavy atom. The molecule has 174 valence electrons. The molecule has 0 aliphatic heterocycles. The SMILES string of the molecule is C=CC(=O)OCCOCCOCCNC(=O)Oc1ccc2c(OCCOC)cccc2c1. The van der Waals surface area contributed by atoms with Gasteiger partial charge >= 0.3 is 12.1 Å². The molecular formula is C23H29NO8. The number of amides is 1. The summed E-state index contributed by atoms with van der Waals surface area (Å²) in [5.41, 5.74) is 0. The first-order chi connectivity index (χ1) is 15.6. The molecule has 0 spiro atoms. The van der Waals surface area contributed by atoms with Gasteiger partial charge in [-0.3, -0.25) is 0 Å². The molecular weight excluding hydrogens is 418 g/mol. The molecule has 0 saturated heterocycles.